The molecule has 0 bridgehead atoms. The Labute approximate surface area is 191 Å². The quantitative estimate of drug-likeness (QED) is 0.535. The molecule has 9 heteroatoms. The Morgan fingerprint density at radius 2 is 1.90 bits per heavy atom. The van der Waals surface area contributed by atoms with Crippen LogP contribution in [0.2, 0.25) is 5.02 Å². The zero-order valence-electron chi connectivity index (χ0n) is 16.2. The van der Waals surface area contributed by atoms with Crippen LogP contribution in [-0.4, -0.2) is 30.2 Å². The van der Waals surface area contributed by atoms with Crippen molar-refractivity contribution in [1.82, 2.24) is 5.32 Å². The van der Waals surface area contributed by atoms with E-state index in [-0.39, 0.29) is 11.1 Å². The minimum atomic E-state index is -0.460. The first-order chi connectivity index (χ1) is 14.4. The number of amides is 2. The maximum absolute atomic E-state index is 12.3. The number of nitrogens with one attached hydrogen (secondary N) is 1. The monoisotopic (exact) mass is 508 g/mol. The summed E-state index contributed by atoms with van der Waals surface area (Å²) in [6.45, 7) is 4.75. The Morgan fingerprint density at radius 1 is 1.20 bits per heavy atom. The third kappa shape index (κ3) is 5.44. The van der Waals surface area contributed by atoms with Gasteiger partial charge >= 0.3 is 0 Å². The molecule has 3 rings (SSSR count). The first-order valence-corrected chi connectivity index (χ1v) is 11.1. The smallest absolute Gasteiger partial charge is 0.279 e. The standard InChI is InChI=1S/C21H18BrClN2O4S/c1-3-28-16-10-12(9-15(22)18(16)29-4-2)11-17-20(27)25-21(30-17)24-19(26)13-5-7-14(23)8-6-13/h5-11H,3-4H2,1-2H3,(H,24,25,26,27)/b17-11-. The number of benzene rings is 2. The zero-order valence-corrected chi connectivity index (χ0v) is 19.4. The molecule has 0 unspecified atom stereocenters. The van der Waals surface area contributed by atoms with Gasteiger partial charge in [-0.1, -0.05) is 11.6 Å². The number of amidine groups is 1. The van der Waals surface area contributed by atoms with Crippen molar-refractivity contribution in [3.8, 4) is 11.5 Å². The zero-order chi connectivity index (χ0) is 21.7. The van der Waals surface area contributed by atoms with Crippen LogP contribution in [0.25, 0.3) is 6.08 Å². The van der Waals surface area contributed by atoms with Gasteiger partial charge in [0.15, 0.2) is 16.7 Å². The first-order valence-electron chi connectivity index (χ1n) is 9.09. The molecule has 1 fully saturated rings. The molecule has 0 aliphatic carbocycles. The third-order valence-electron chi connectivity index (χ3n) is 3.86. The van der Waals surface area contributed by atoms with Crippen LogP contribution in [0.3, 0.4) is 0 Å². The van der Waals surface area contributed by atoms with Gasteiger partial charge in [-0.3, -0.25) is 9.59 Å². The van der Waals surface area contributed by atoms with E-state index in [9.17, 15) is 9.59 Å². The summed E-state index contributed by atoms with van der Waals surface area (Å²) in [6, 6.07) is 10.0. The molecule has 2 amide bonds. The van der Waals surface area contributed by atoms with Crippen molar-refractivity contribution in [2.24, 2.45) is 4.99 Å². The topological polar surface area (TPSA) is 77.0 Å². The lowest BCUT2D eigenvalue weighted by molar-refractivity contribution is -0.115. The van der Waals surface area contributed by atoms with Crippen LogP contribution in [-0.2, 0) is 4.79 Å². The summed E-state index contributed by atoms with van der Waals surface area (Å²) in [4.78, 5) is 29.0. The lowest BCUT2D eigenvalue weighted by Gasteiger charge is -2.13. The fourth-order valence-electron chi connectivity index (χ4n) is 2.60. The van der Waals surface area contributed by atoms with Gasteiger partial charge in [0, 0.05) is 10.6 Å². The fourth-order valence-corrected chi connectivity index (χ4v) is 4.12. The number of thioether (sulfide) groups is 1. The second-order valence-corrected chi connectivity index (χ2v) is 8.31. The molecular weight excluding hydrogens is 492 g/mol. The number of rotatable bonds is 6. The van der Waals surface area contributed by atoms with Gasteiger partial charge in [0.1, 0.15) is 0 Å². The molecule has 0 aromatic heterocycles. The molecule has 1 aliphatic heterocycles. The van der Waals surface area contributed by atoms with E-state index in [0.29, 0.717) is 40.2 Å². The number of nitrogens with zero attached hydrogens (tertiary/aromatic N) is 1. The number of halogens is 2. The second-order valence-electron chi connectivity index (χ2n) is 5.99. The number of ether oxygens (including phenoxy) is 2. The molecule has 156 valence electrons. The molecule has 0 saturated carbocycles. The lowest BCUT2D eigenvalue weighted by Crippen LogP contribution is -2.20. The Bertz CT molecular complexity index is 1040. The van der Waals surface area contributed by atoms with Crippen molar-refractivity contribution in [3.63, 3.8) is 0 Å². The van der Waals surface area contributed by atoms with E-state index in [2.05, 4.69) is 26.2 Å². The van der Waals surface area contributed by atoms with Gasteiger partial charge < -0.3 is 14.8 Å². The van der Waals surface area contributed by atoms with Gasteiger partial charge in [-0.25, -0.2) is 0 Å². The van der Waals surface area contributed by atoms with Gasteiger partial charge in [-0.15, -0.1) is 0 Å². The van der Waals surface area contributed by atoms with E-state index in [1.807, 2.05) is 19.9 Å². The lowest BCUT2D eigenvalue weighted by atomic mass is 10.2. The normalized spacial score (nSPS) is 16.1. The average Bonchev–Trinajstić information content (AvgIpc) is 3.04. The van der Waals surface area contributed by atoms with E-state index in [1.54, 1.807) is 36.4 Å². The highest BCUT2D eigenvalue weighted by molar-refractivity contribution is 9.10. The number of carbonyl (C=O) groups is 2. The van der Waals surface area contributed by atoms with E-state index in [1.165, 1.54) is 0 Å². The minimum Gasteiger partial charge on any atom is -0.490 e. The Balaban J connectivity index is 1.83. The van der Waals surface area contributed by atoms with E-state index < -0.39 is 5.91 Å². The van der Waals surface area contributed by atoms with Gasteiger partial charge in [0.25, 0.3) is 11.8 Å². The molecule has 6 nitrogen and oxygen atoms in total. The number of aliphatic imine (C=N–C) groups is 1. The molecule has 0 spiro atoms. The molecule has 1 N–H and O–H groups in total. The Hall–Kier alpha value is -2.29. The van der Waals surface area contributed by atoms with Gasteiger partial charge in [0.05, 0.1) is 22.6 Å². The van der Waals surface area contributed by atoms with Gasteiger partial charge in [0.2, 0.25) is 0 Å². The van der Waals surface area contributed by atoms with Crippen molar-refractivity contribution in [3.05, 3.63) is 61.9 Å². The third-order valence-corrected chi connectivity index (χ3v) is 5.61. The summed E-state index contributed by atoms with van der Waals surface area (Å²) >= 11 is 10.4. The molecule has 0 radical (unpaired) electrons. The molecule has 2 aromatic rings. The van der Waals surface area contributed by atoms with E-state index >= 15 is 0 Å². The van der Waals surface area contributed by atoms with Crippen LogP contribution in [0, 0.1) is 0 Å². The predicted molar refractivity (Wildman–Crippen MR) is 123 cm³/mol. The molecule has 30 heavy (non-hydrogen) atoms. The molecule has 1 saturated heterocycles. The number of hydrogen-bond acceptors (Lipinski definition) is 5. The molecule has 0 atom stereocenters. The summed E-state index contributed by atoms with van der Waals surface area (Å²) in [5, 5.41) is 3.37. The fraction of sp³-hybridized carbons (Fsp3) is 0.190. The number of hydrogen-bond donors (Lipinski definition) is 1. The maximum atomic E-state index is 12.3. The predicted octanol–water partition coefficient (Wildman–Crippen LogP) is 5.30. The maximum Gasteiger partial charge on any atom is 0.279 e. The minimum absolute atomic E-state index is 0.223. The summed E-state index contributed by atoms with van der Waals surface area (Å²) in [5.41, 5.74) is 1.13. The highest BCUT2D eigenvalue weighted by Gasteiger charge is 2.25. The largest absolute Gasteiger partial charge is 0.490 e. The summed E-state index contributed by atoms with van der Waals surface area (Å²) < 4.78 is 12.0. The highest BCUT2D eigenvalue weighted by Crippen LogP contribution is 2.38. The van der Waals surface area contributed by atoms with Crippen molar-refractivity contribution < 1.29 is 19.1 Å². The second kappa shape index (κ2) is 10.1. The van der Waals surface area contributed by atoms with Crippen LogP contribution in [0.15, 0.2) is 50.8 Å². The highest BCUT2D eigenvalue weighted by atomic mass is 79.9. The molecule has 1 heterocycles. The number of carbonyl (C=O) groups excluding carboxylic acids is 2. The van der Waals surface area contributed by atoms with Crippen molar-refractivity contribution >= 4 is 62.4 Å². The van der Waals surface area contributed by atoms with Crippen LogP contribution in [0.4, 0.5) is 0 Å². The first kappa shape index (κ1) is 22.4. The van der Waals surface area contributed by atoms with Crippen LogP contribution < -0.4 is 14.8 Å². The van der Waals surface area contributed by atoms with Crippen molar-refractivity contribution in [2.75, 3.05) is 13.2 Å². The molecule has 1 aliphatic rings. The van der Waals surface area contributed by atoms with Gasteiger partial charge in [-0.05, 0) is 89.6 Å². The SMILES string of the molecule is CCOc1cc(/C=C2\SC(=NC(=O)c3ccc(Cl)cc3)NC2=O)cc(Br)c1OCC. The van der Waals surface area contributed by atoms with Crippen molar-refractivity contribution in [1.29, 1.82) is 0 Å². The van der Waals surface area contributed by atoms with E-state index in [4.69, 9.17) is 21.1 Å². The summed E-state index contributed by atoms with van der Waals surface area (Å²) in [6.07, 6.45) is 1.71. The Kier molecular flexibility index (Phi) is 7.58. The molecule has 2 aromatic carbocycles. The van der Waals surface area contributed by atoms with Crippen LogP contribution >= 0.6 is 39.3 Å². The van der Waals surface area contributed by atoms with Crippen molar-refractivity contribution in [2.45, 2.75) is 13.8 Å². The Morgan fingerprint density at radius 3 is 2.57 bits per heavy atom. The van der Waals surface area contributed by atoms with E-state index in [0.717, 1.165) is 21.8 Å². The van der Waals surface area contributed by atoms with Gasteiger partial charge in [-0.2, -0.15) is 4.99 Å². The van der Waals surface area contributed by atoms with Crippen LogP contribution in [0.1, 0.15) is 29.8 Å². The molecular formula is C21H18BrClN2O4S. The summed E-state index contributed by atoms with van der Waals surface area (Å²) in [7, 11) is 0. The average molecular weight is 510 g/mol. The van der Waals surface area contributed by atoms with Crippen LogP contribution in [0.5, 0.6) is 11.5 Å². The summed E-state index contributed by atoms with van der Waals surface area (Å²) in [5.74, 6) is 0.403.